The second kappa shape index (κ2) is 6.87. The normalized spacial score (nSPS) is 15.2. The van der Waals surface area contributed by atoms with Crippen LogP contribution in [0.2, 0.25) is 0 Å². The van der Waals surface area contributed by atoms with Crippen molar-refractivity contribution in [2.24, 2.45) is 11.8 Å². The van der Waals surface area contributed by atoms with Crippen molar-refractivity contribution in [3.05, 3.63) is 23.9 Å². The van der Waals surface area contributed by atoms with Gasteiger partial charge in [0.25, 0.3) is 0 Å². The van der Waals surface area contributed by atoms with E-state index >= 15 is 0 Å². The molecule has 0 fully saturated rings. The van der Waals surface area contributed by atoms with Crippen LogP contribution in [0, 0.1) is 11.8 Å². The lowest BCUT2D eigenvalue weighted by molar-refractivity contribution is 0.153. The zero-order valence-corrected chi connectivity index (χ0v) is 14.3. The molecule has 1 atom stereocenters. The number of allylic oxidation sites excluding steroid dienone is 2. The van der Waals surface area contributed by atoms with Gasteiger partial charge in [0.15, 0.2) is 0 Å². The summed E-state index contributed by atoms with van der Waals surface area (Å²) in [6.07, 6.45) is 1.65. The maximum Gasteiger partial charge on any atom is 0.318 e. The highest BCUT2D eigenvalue weighted by molar-refractivity contribution is 14.1. The van der Waals surface area contributed by atoms with Crippen LogP contribution >= 0.6 is 22.6 Å². The van der Waals surface area contributed by atoms with Gasteiger partial charge in [0.1, 0.15) is 0 Å². The third-order valence-electron chi connectivity index (χ3n) is 3.03. The van der Waals surface area contributed by atoms with Crippen molar-refractivity contribution >= 4 is 22.6 Å². The van der Waals surface area contributed by atoms with Gasteiger partial charge in [-0.3, -0.25) is 0 Å². The summed E-state index contributed by atoms with van der Waals surface area (Å²) in [4.78, 5) is 1.95. The summed E-state index contributed by atoms with van der Waals surface area (Å²) in [5.41, 5.74) is 0.879. The average molecular weight is 371 g/mol. The summed E-state index contributed by atoms with van der Waals surface area (Å²) >= 11 is 1.20. The van der Waals surface area contributed by atoms with E-state index in [-0.39, 0.29) is 23.5 Å². The molecule has 18 heavy (non-hydrogen) atoms. The summed E-state index contributed by atoms with van der Waals surface area (Å²) in [7, 11) is 1.89. The summed E-state index contributed by atoms with van der Waals surface area (Å²) in [6.45, 7) is 13.6. The second-order valence-corrected chi connectivity index (χ2v) is 6.64. The fourth-order valence-corrected chi connectivity index (χ4v) is 2.31. The predicted molar refractivity (Wildman–Crippen MR) is 83.1 cm³/mol. The molecule has 0 saturated carbocycles. The number of nitrogens with zero attached hydrogens (tertiary/aromatic N) is 1. The van der Waals surface area contributed by atoms with Crippen molar-refractivity contribution in [1.29, 1.82) is 0 Å². The fraction of sp³-hybridized carbons (Fsp3) is 0.714. The lowest BCUT2D eigenvalue weighted by atomic mass is 9.94. The molecule has 0 saturated heterocycles. The molecule has 0 spiro atoms. The highest BCUT2D eigenvalue weighted by atomic mass is 127. The molecule has 0 aliphatic rings. The van der Waals surface area contributed by atoms with Gasteiger partial charge >= 0.3 is 3.93 Å². The van der Waals surface area contributed by atoms with Gasteiger partial charge in [0, 0.05) is 52.9 Å². The van der Waals surface area contributed by atoms with Crippen LogP contribution in [-0.4, -0.2) is 21.9 Å². The molecule has 0 aliphatic heterocycles. The lowest BCUT2D eigenvalue weighted by Gasteiger charge is -2.32. The Kier molecular flexibility index (Phi) is 6.82. The molecule has 0 bridgehead atoms. The van der Waals surface area contributed by atoms with Crippen LogP contribution in [0.4, 0.5) is 8.78 Å². The number of hydrogen-bond acceptors (Lipinski definition) is 1. The minimum Gasteiger partial charge on any atom is -0.375 e. The molecule has 1 nitrogen and oxygen atoms in total. The van der Waals surface area contributed by atoms with Gasteiger partial charge in [-0.15, -0.1) is 0 Å². The Labute approximate surface area is 123 Å². The average Bonchev–Trinajstić information content (AvgIpc) is 2.20. The van der Waals surface area contributed by atoms with Crippen LogP contribution in [-0.2, 0) is 0 Å². The quantitative estimate of drug-likeness (QED) is 0.357. The first-order valence-electron chi connectivity index (χ1n) is 6.19. The first kappa shape index (κ1) is 17.9. The van der Waals surface area contributed by atoms with E-state index in [0.717, 1.165) is 5.70 Å². The molecule has 0 heterocycles. The molecule has 0 radical (unpaired) electrons. The number of hydrogen-bond donors (Lipinski definition) is 0. The summed E-state index contributed by atoms with van der Waals surface area (Å²) in [5, 5.41) is 0. The molecule has 0 aromatic rings. The van der Waals surface area contributed by atoms with E-state index in [1.165, 1.54) is 22.6 Å². The maximum absolute atomic E-state index is 13.7. The van der Waals surface area contributed by atoms with Gasteiger partial charge in [-0.1, -0.05) is 33.4 Å². The summed E-state index contributed by atoms with van der Waals surface area (Å²) in [5.74, 6) is -0.257. The van der Waals surface area contributed by atoms with Crippen molar-refractivity contribution in [2.75, 3.05) is 7.05 Å². The van der Waals surface area contributed by atoms with Crippen LogP contribution < -0.4 is 0 Å². The first-order chi connectivity index (χ1) is 7.98. The van der Waals surface area contributed by atoms with Crippen molar-refractivity contribution in [2.45, 2.75) is 44.6 Å². The molecule has 1 unspecified atom stereocenters. The molecule has 0 aromatic carbocycles. The molecule has 0 rings (SSSR count). The molecular formula is C14H24F2IN. The molecule has 106 valence electrons. The van der Waals surface area contributed by atoms with Gasteiger partial charge in [-0.25, -0.2) is 0 Å². The van der Waals surface area contributed by atoms with E-state index in [0.29, 0.717) is 0 Å². The van der Waals surface area contributed by atoms with Crippen molar-refractivity contribution < 1.29 is 8.78 Å². The van der Waals surface area contributed by atoms with Crippen LogP contribution in [0.15, 0.2) is 23.9 Å². The van der Waals surface area contributed by atoms with E-state index in [2.05, 4.69) is 6.58 Å². The zero-order chi connectivity index (χ0) is 14.7. The van der Waals surface area contributed by atoms with E-state index in [4.69, 9.17) is 0 Å². The third kappa shape index (κ3) is 5.24. The standard InChI is InChI=1S/C14H24F2IN/c1-9(2)8-13(14(15,16)17)11(5)12(6)18(7)10(3)4/h8-11H,6H2,1-5,7H3/b13-8+. The Morgan fingerprint density at radius 3 is 1.94 bits per heavy atom. The van der Waals surface area contributed by atoms with E-state index in [1.807, 2.05) is 39.6 Å². The minimum atomic E-state index is -2.83. The third-order valence-corrected chi connectivity index (χ3v) is 3.66. The smallest absolute Gasteiger partial charge is 0.318 e. The van der Waals surface area contributed by atoms with Gasteiger partial charge in [-0.05, 0) is 19.8 Å². The van der Waals surface area contributed by atoms with E-state index in [9.17, 15) is 8.78 Å². The van der Waals surface area contributed by atoms with Gasteiger partial charge in [-0.2, -0.15) is 8.78 Å². The van der Waals surface area contributed by atoms with Gasteiger partial charge in [0.2, 0.25) is 0 Å². The molecular weight excluding hydrogens is 347 g/mol. The SMILES string of the molecule is C=C(C(C)/C(=C\C(C)C)C(F)(F)I)N(C)C(C)C. The van der Waals surface area contributed by atoms with E-state index in [1.54, 1.807) is 13.0 Å². The van der Waals surface area contributed by atoms with Crippen molar-refractivity contribution in [3.8, 4) is 0 Å². The fourth-order valence-electron chi connectivity index (χ4n) is 1.66. The highest BCUT2D eigenvalue weighted by Gasteiger charge is 2.35. The zero-order valence-electron chi connectivity index (χ0n) is 12.1. The molecule has 4 heteroatoms. The largest absolute Gasteiger partial charge is 0.375 e. The lowest BCUT2D eigenvalue weighted by Crippen LogP contribution is -2.31. The maximum atomic E-state index is 13.7. The summed E-state index contributed by atoms with van der Waals surface area (Å²) < 4.78 is 24.5. The summed E-state index contributed by atoms with van der Waals surface area (Å²) in [6, 6.07) is 0.253. The number of alkyl halides is 3. The molecule has 0 aliphatic carbocycles. The Balaban J connectivity index is 5.23. The Hall–Kier alpha value is -0.130. The van der Waals surface area contributed by atoms with Crippen LogP contribution in [0.25, 0.3) is 0 Å². The Morgan fingerprint density at radius 2 is 1.67 bits per heavy atom. The molecule has 0 N–H and O–H groups in total. The van der Waals surface area contributed by atoms with Crippen molar-refractivity contribution in [3.63, 3.8) is 0 Å². The van der Waals surface area contributed by atoms with E-state index < -0.39 is 3.93 Å². The molecule has 0 aromatic heterocycles. The monoisotopic (exact) mass is 371 g/mol. The predicted octanol–water partition coefficient (Wildman–Crippen LogP) is 5.09. The highest BCUT2D eigenvalue weighted by Crippen LogP contribution is 2.39. The van der Waals surface area contributed by atoms with Crippen LogP contribution in [0.3, 0.4) is 0 Å². The van der Waals surface area contributed by atoms with Crippen molar-refractivity contribution in [1.82, 2.24) is 4.90 Å². The van der Waals surface area contributed by atoms with Crippen LogP contribution in [0.1, 0.15) is 34.6 Å². The number of halogens is 3. The first-order valence-corrected chi connectivity index (χ1v) is 7.26. The van der Waals surface area contributed by atoms with Gasteiger partial charge < -0.3 is 4.90 Å². The number of rotatable bonds is 6. The van der Waals surface area contributed by atoms with Gasteiger partial charge in [0.05, 0.1) is 0 Å². The molecule has 0 amide bonds. The Morgan fingerprint density at radius 1 is 1.22 bits per heavy atom. The minimum absolute atomic E-state index is 0.0975. The Bertz CT molecular complexity index is 316. The van der Waals surface area contributed by atoms with Crippen LogP contribution in [0.5, 0.6) is 0 Å². The second-order valence-electron chi connectivity index (χ2n) is 5.28. The topological polar surface area (TPSA) is 3.24 Å².